The van der Waals surface area contributed by atoms with Crippen molar-refractivity contribution >= 4 is 16.6 Å². The first-order chi connectivity index (χ1) is 13.9. The Labute approximate surface area is 168 Å². The summed E-state index contributed by atoms with van der Waals surface area (Å²) >= 11 is 0. The number of hydrogen-bond donors (Lipinski definition) is 1. The van der Waals surface area contributed by atoms with Gasteiger partial charge in [0.05, 0.1) is 11.6 Å². The van der Waals surface area contributed by atoms with E-state index in [9.17, 15) is 31.1 Å². The zero-order valence-corrected chi connectivity index (χ0v) is 16.4. The number of nitrogens with zero attached hydrogens (tertiary/aromatic N) is 1. The number of pyridine rings is 1. The minimum atomic E-state index is -4.78. The van der Waals surface area contributed by atoms with Crippen molar-refractivity contribution in [3.63, 3.8) is 0 Å². The maximum Gasteiger partial charge on any atom is 0.417 e. The number of nitrogens with one attached hydrogen (secondary N) is 1. The van der Waals surface area contributed by atoms with Crippen molar-refractivity contribution in [3.8, 4) is 0 Å². The summed E-state index contributed by atoms with van der Waals surface area (Å²) in [6.07, 6.45) is -10.4. The van der Waals surface area contributed by atoms with Crippen LogP contribution in [0.2, 0.25) is 0 Å². The summed E-state index contributed by atoms with van der Waals surface area (Å²) in [5.74, 6) is 0. The molecule has 0 bridgehead atoms. The number of aromatic amines is 1. The first-order valence-electron chi connectivity index (χ1n) is 9.64. The zero-order chi connectivity index (χ0) is 22.3. The number of aromatic nitrogens is 1. The number of alkyl halides is 6. The highest BCUT2D eigenvalue weighted by molar-refractivity contribution is 5.86. The van der Waals surface area contributed by atoms with E-state index in [4.69, 9.17) is 4.74 Å². The Kier molecular flexibility index (Phi) is 6.08. The summed E-state index contributed by atoms with van der Waals surface area (Å²) in [6.45, 7) is 3.36. The fraction of sp³-hybridized carbons (Fsp3) is 0.550. The second kappa shape index (κ2) is 8.13. The molecule has 1 N–H and O–H groups in total. The molecule has 4 nitrogen and oxygen atoms in total. The molecular formula is C20H22F6N2O2. The summed E-state index contributed by atoms with van der Waals surface area (Å²) in [7, 11) is 0. The van der Waals surface area contributed by atoms with Gasteiger partial charge in [-0.15, -0.1) is 0 Å². The Morgan fingerprint density at radius 3 is 2.47 bits per heavy atom. The second-order valence-electron chi connectivity index (χ2n) is 7.51. The van der Waals surface area contributed by atoms with Crippen LogP contribution in [0.25, 0.3) is 10.9 Å². The molecule has 1 aliphatic rings. The molecule has 1 fully saturated rings. The Hall–Kier alpha value is -2.23. The van der Waals surface area contributed by atoms with Gasteiger partial charge < -0.3 is 14.6 Å². The van der Waals surface area contributed by atoms with Crippen LogP contribution < -0.4 is 10.5 Å². The highest BCUT2D eigenvalue weighted by Crippen LogP contribution is 2.40. The molecule has 0 saturated carbocycles. The van der Waals surface area contributed by atoms with Crippen molar-refractivity contribution in [2.24, 2.45) is 0 Å². The van der Waals surface area contributed by atoms with Gasteiger partial charge in [-0.3, -0.25) is 4.79 Å². The van der Waals surface area contributed by atoms with Gasteiger partial charge in [0.15, 0.2) is 6.10 Å². The first-order valence-corrected chi connectivity index (χ1v) is 9.64. The van der Waals surface area contributed by atoms with Gasteiger partial charge in [0.25, 0.3) is 0 Å². The van der Waals surface area contributed by atoms with Gasteiger partial charge in [0.2, 0.25) is 5.56 Å². The Morgan fingerprint density at radius 2 is 1.87 bits per heavy atom. The fourth-order valence-electron chi connectivity index (χ4n) is 4.07. The molecule has 10 heteroatoms. The molecule has 30 heavy (non-hydrogen) atoms. The van der Waals surface area contributed by atoms with Crippen LogP contribution >= 0.6 is 0 Å². The van der Waals surface area contributed by atoms with Crippen molar-refractivity contribution in [1.82, 2.24) is 4.98 Å². The molecule has 1 aromatic heterocycles. The Balaban J connectivity index is 2.10. The van der Waals surface area contributed by atoms with E-state index in [1.807, 2.05) is 0 Å². The maximum atomic E-state index is 13.7. The van der Waals surface area contributed by atoms with E-state index in [1.165, 1.54) is 23.1 Å². The van der Waals surface area contributed by atoms with Crippen LogP contribution in [0.15, 0.2) is 29.1 Å². The molecule has 3 atom stereocenters. The molecule has 1 saturated heterocycles. The number of rotatable bonds is 5. The fourth-order valence-corrected chi connectivity index (χ4v) is 4.07. The quantitative estimate of drug-likeness (QED) is 0.651. The van der Waals surface area contributed by atoms with Crippen LogP contribution in [-0.4, -0.2) is 36.0 Å². The van der Waals surface area contributed by atoms with Crippen molar-refractivity contribution < 1.29 is 31.1 Å². The number of ether oxygens (including phenoxy) is 1. The molecule has 0 amide bonds. The largest absolute Gasteiger partial charge is 0.417 e. The third-order valence-electron chi connectivity index (χ3n) is 5.32. The number of fused-ring (bicyclic) bond motifs is 1. The van der Waals surface area contributed by atoms with E-state index in [0.29, 0.717) is 18.9 Å². The molecule has 0 radical (unpaired) electrons. The van der Waals surface area contributed by atoms with Crippen molar-refractivity contribution in [1.29, 1.82) is 0 Å². The van der Waals surface area contributed by atoms with Crippen molar-refractivity contribution in [3.05, 3.63) is 40.2 Å². The van der Waals surface area contributed by atoms with E-state index < -0.39 is 35.6 Å². The van der Waals surface area contributed by atoms with Gasteiger partial charge in [-0.25, -0.2) is 0 Å². The summed E-state index contributed by atoms with van der Waals surface area (Å²) in [4.78, 5) is 15.4. The molecule has 166 valence electrons. The minimum Gasteiger partial charge on any atom is -0.367 e. The molecular weight excluding hydrogens is 414 g/mol. The molecule has 2 heterocycles. The molecule has 0 spiro atoms. The van der Waals surface area contributed by atoms with Gasteiger partial charge in [-0.05, 0) is 44.4 Å². The van der Waals surface area contributed by atoms with Crippen LogP contribution in [0.5, 0.6) is 0 Å². The van der Waals surface area contributed by atoms with Crippen LogP contribution in [0.1, 0.15) is 38.7 Å². The lowest BCUT2D eigenvalue weighted by Crippen LogP contribution is -2.50. The van der Waals surface area contributed by atoms with Crippen LogP contribution in [0, 0.1) is 0 Å². The number of halogens is 6. The highest BCUT2D eigenvalue weighted by atomic mass is 19.4. The van der Waals surface area contributed by atoms with Gasteiger partial charge >= 0.3 is 12.4 Å². The standard InChI is InChI=1S/C20H22F6N2O2/c1-3-8-30-18(20(24,25)26)16-7-4-11(2)28(16)12-5-6-15-13(9-12)14(19(21,22)23)10-17(29)27-15/h5-6,9-11,16,18H,3-4,7-8H2,1-2H3,(H,27,29)/t11-,16+,18+/m0/s1. The topological polar surface area (TPSA) is 45.3 Å². The monoisotopic (exact) mass is 436 g/mol. The predicted molar refractivity (Wildman–Crippen MR) is 101 cm³/mol. The lowest BCUT2D eigenvalue weighted by Gasteiger charge is -2.36. The SMILES string of the molecule is CCCO[C@H]([C@H]1CC[C@H](C)N1c1ccc2[nH]c(=O)cc(C(F)(F)F)c2c1)C(F)(F)F. The normalized spacial score (nSPS) is 21.4. The number of anilines is 1. The smallest absolute Gasteiger partial charge is 0.367 e. The average Bonchev–Trinajstić information content (AvgIpc) is 3.00. The lowest BCUT2D eigenvalue weighted by atomic mass is 10.0. The molecule has 0 unspecified atom stereocenters. The Bertz CT molecular complexity index is 953. The minimum absolute atomic E-state index is 0.0309. The lowest BCUT2D eigenvalue weighted by molar-refractivity contribution is -0.225. The predicted octanol–water partition coefficient (Wildman–Crippen LogP) is 5.26. The molecule has 1 aliphatic heterocycles. The Morgan fingerprint density at radius 1 is 1.17 bits per heavy atom. The average molecular weight is 436 g/mol. The first kappa shape index (κ1) is 22.5. The van der Waals surface area contributed by atoms with Crippen molar-refractivity contribution in [2.45, 2.75) is 63.7 Å². The van der Waals surface area contributed by atoms with Crippen molar-refractivity contribution in [2.75, 3.05) is 11.5 Å². The molecule has 1 aromatic carbocycles. The van der Waals surface area contributed by atoms with Crippen LogP contribution in [-0.2, 0) is 10.9 Å². The third-order valence-corrected chi connectivity index (χ3v) is 5.32. The number of hydrogen-bond acceptors (Lipinski definition) is 3. The van der Waals surface area contributed by atoms with E-state index >= 15 is 0 Å². The van der Waals surface area contributed by atoms with E-state index in [0.717, 1.165) is 0 Å². The number of benzene rings is 1. The van der Waals surface area contributed by atoms with Crippen LogP contribution in [0.4, 0.5) is 32.0 Å². The van der Waals surface area contributed by atoms with Gasteiger partial charge in [-0.1, -0.05) is 6.92 Å². The summed E-state index contributed by atoms with van der Waals surface area (Å²) in [5.41, 5.74) is -1.83. The van der Waals surface area contributed by atoms with Crippen LogP contribution in [0.3, 0.4) is 0 Å². The highest BCUT2D eigenvalue weighted by Gasteiger charge is 2.50. The van der Waals surface area contributed by atoms with Gasteiger partial charge in [0, 0.05) is 35.3 Å². The molecule has 3 rings (SSSR count). The number of H-pyrrole nitrogens is 1. The van der Waals surface area contributed by atoms with E-state index in [1.54, 1.807) is 13.8 Å². The zero-order valence-electron chi connectivity index (χ0n) is 16.4. The summed E-state index contributed by atoms with van der Waals surface area (Å²) in [5, 5.41) is -0.268. The second-order valence-corrected chi connectivity index (χ2v) is 7.51. The van der Waals surface area contributed by atoms with Gasteiger partial charge in [-0.2, -0.15) is 26.3 Å². The van der Waals surface area contributed by atoms with E-state index in [2.05, 4.69) is 4.98 Å². The molecule has 2 aromatic rings. The molecule has 0 aliphatic carbocycles. The third kappa shape index (κ3) is 4.43. The van der Waals surface area contributed by atoms with E-state index in [-0.39, 0.29) is 35.7 Å². The maximum absolute atomic E-state index is 13.7. The summed E-state index contributed by atoms with van der Waals surface area (Å²) < 4.78 is 86.5. The summed E-state index contributed by atoms with van der Waals surface area (Å²) in [6, 6.07) is 3.00. The van der Waals surface area contributed by atoms with Gasteiger partial charge in [0.1, 0.15) is 0 Å².